The van der Waals surface area contributed by atoms with Crippen molar-refractivity contribution in [2.75, 3.05) is 54.4 Å². The van der Waals surface area contributed by atoms with Crippen molar-refractivity contribution in [2.24, 2.45) is 0 Å². The summed E-state index contributed by atoms with van der Waals surface area (Å²) in [5, 5.41) is 5.35. The third-order valence-corrected chi connectivity index (χ3v) is 5.66. The standard InChI is InChI=1S/C23H27N5O3/c29-21-7-4-12-28(21)20-10-8-18(9-11-20)25-23(31)24-17-22(30)27-15-13-26(14-16-27)19-5-2-1-3-6-19/h1-3,5-6,8-11H,4,7,12-17H2,(H2,24,25,31). The van der Waals surface area contributed by atoms with Crippen molar-refractivity contribution < 1.29 is 14.4 Å². The molecular weight excluding hydrogens is 394 g/mol. The largest absolute Gasteiger partial charge is 0.368 e. The van der Waals surface area contributed by atoms with Gasteiger partial charge in [-0.2, -0.15) is 0 Å². The Balaban J connectivity index is 1.20. The summed E-state index contributed by atoms with van der Waals surface area (Å²) in [5.74, 6) is 0.0346. The second-order valence-electron chi connectivity index (χ2n) is 7.71. The van der Waals surface area contributed by atoms with Gasteiger partial charge in [-0.05, 0) is 42.8 Å². The molecule has 2 aliphatic heterocycles. The number of hydrogen-bond donors (Lipinski definition) is 2. The molecule has 2 heterocycles. The summed E-state index contributed by atoms with van der Waals surface area (Å²) in [5.41, 5.74) is 2.60. The highest BCUT2D eigenvalue weighted by Crippen LogP contribution is 2.23. The average molecular weight is 422 g/mol. The number of anilines is 3. The molecule has 4 amide bonds. The highest BCUT2D eigenvalue weighted by Gasteiger charge is 2.22. The Kier molecular flexibility index (Phi) is 6.35. The molecule has 0 spiro atoms. The van der Waals surface area contributed by atoms with Gasteiger partial charge in [0, 0.05) is 56.2 Å². The number of amides is 4. The van der Waals surface area contributed by atoms with Crippen molar-refractivity contribution in [3.05, 3.63) is 54.6 Å². The van der Waals surface area contributed by atoms with Gasteiger partial charge in [0.25, 0.3) is 0 Å². The van der Waals surface area contributed by atoms with Gasteiger partial charge in [-0.25, -0.2) is 4.79 Å². The minimum absolute atomic E-state index is 0.0441. The number of hydrogen-bond acceptors (Lipinski definition) is 4. The van der Waals surface area contributed by atoms with Gasteiger partial charge in [-0.3, -0.25) is 9.59 Å². The molecule has 0 atom stereocenters. The topological polar surface area (TPSA) is 85.0 Å². The Morgan fingerprint density at radius 2 is 1.55 bits per heavy atom. The van der Waals surface area contributed by atoms with Crippen LogP contribution < -0.4 is 20.4 Å². The first-order valence-electron chi connectivity index (χ1n) is 10.6. The summed E-state index contributed by atoms with van der Waals surface area (Å²) in [6.45, 7) is 3.49. The van der Waals surface area contributed by atoms with Crippen LogP contribution >= 0.6 is 0 Å². The van der Waals surface area contributed by atoms with E-state index in [-0.39, 0.29) is 18.4 Å². The van der Waals surface area contributed by atoms with Crippen molar-refractivity contribution in [3.63, 3.8) is 0 Å². The molecule has 2 saturated heterocycles. The van der Waals surface area contributed by atoms with E-state index in [1.54, 1.807) is 21.9 Å². The van der Waals surface area contributed by atoms with Crippen LogP contribution in [0.1, 0.15) is 12.8 Å². The van der Waals surface area contributed by atoms with Crippen LogP contribution in [0.2, 0.25) is 0 Å². The maximum atomic E-state index is 12.4. The minimum Gasteiger partial charge on any atom is -0.368 e. The van der Waals surface area contributed by atoms with Gasteiger partial charge in [-0.1, -0.05) is 18.2 Å². The molecule has 2 N–H and O–H groups in total. The van der Waals surface area contributed by atoms with E-state index in [1.807, 2.05) is 30.3 Å². The number of benzene rings is 2. The maximum Gasteiger partial charge on any atom is 0.319 e. The molecule has 2 fully saturated rings. The predicted octanol–water partition coefficient (Wildman–Crippen LogP) is 2.28. The summed E-state index contributed by atoms with van der Waals surface area (Å²) < 4.78 is 0. The molecule has 2 aliphatic rings. The molecule has 2 aromatic carbocycles. The Hall–Kier alpha value is -3.55. The van der Waals surface area contributed by atoms with Crippen molar-refractivity contribution in [1.82, 2.24) is 10.2 Å². The number of para-hydroxylation sites is 1. The van der Waals surface area contributed by atoms with Gasteiger partial charge in [-0.15, -0.1) is 0 Å². The zero-order valence-corrected chi connectivity index (χ0v) is 17.4. The van der Waals surface area contributed by atoms with Crippen molar-refractivity contribution >= 4 is 34.9 Å². The van der Waals surface area contributed by atoms with Crippen LogP contribution in [0.25, 0.3) is 0 Å². The van der Waals surface area contributed by atoms with Gasteiger partial charge in [0.15, 0.2) is 0 Å². The molecule has 0 unspecified atom stereocenters. The molecule has 8 heteroatoms. The smallest absolute Gasteiger partial charge is 0.319 e. The lowest BCUT2D eigenvalue weighted by Crippen LogP contribution is -2.51. The normalized spacial score (nSPS) is 16.4. The van der Waals surface area contributed by atoms with Crippen molar-refractivity contribution in [3.8, 4) is 0 Å². The van der Waals surface area contributed by atoms with Crippen LogP contribution in [0.4, 0.5) is 21.9 Å². The fourth-order valence-electron chi connectivity index (χ4n) is 3.94. The molecule has 0 aliphatic carbocycles. The summed E-state index contributed by atoms with van der Waals surface area (Å²) >= 11 is 0. The lowest BCUT2D eigenvalue weighted by molar-refractivity contribution is -0.130. The molecule has 0 saturated carbocycles. The number of piperazine rings is 1. The predicted molar refractivity (Wildman–Crippen MR) is 120 cm³/mol. The van der Waals surface area contributed by atoms with E-state index in [0.29, 0.717) is 25.2 Å². The number of carbonyl (C=O) groups excluding carboxylic acids is 3. The molecular formula is C23H27N5O3. The van der Waals surface area contributed by atoms with Gasteiger partial charge in [0.2, 0.25) is 11.8 Å². The Morgan fingerprint density at radius 3 is 2.19 bits per heavy atom. The molecule has 0 bridgehead atoms. The second kappa shape index (κ2) is 9.51. The summed E-state index contributed by atoms with van der Waals surface area (Å²) in [6, 6.07) is 16.9. The van der Waals surface area contributed by atoms with E-state index in [2.05, 4.69) is 27.7 Å². The SMILES string of the molecule is O=C(NCC(=O)N1CCN(c2ccccc2)CC1)Nc1ccc(N2CCCC2=O)cc1. The second-order valence-corrected chi connectivity index (χ2v) is 7.71. The zero-order valence-electron chi connectivity index (χ0n) is 17.4. The third-order valence-electron chi connectivity index (χ3n) is 5.66. The quantitative estimate of drug-likeness (QED) is 0.776. The van der Waals surface area contributed by atoms with E-state index in [9.17, 15) is 14.4 Å². The molecule has 2 aromatic rings. The number of carbonyl (C=O) groups is 3. The van der Waals surface area contributed by atoms with Crippen LogP contribution in [0.5, 0.6) is 0 Å². The average Bonchev–Trinajstić information content (AvgIpc) is 3.24. The molecule has 8 nitrogen and oxygen atoms in total. The first kappa shape index (κ1) is 20.7. The minimum atomic E-state index is -0.429. The van der Waals surface area contributed by atoms with E-state index in [0.717, 1.165) is 37.4 Å². The molecule has 31 heavy (non-hydrogen) atoms. The summed E-state index contributed by atoms with van der Waals surface area (Å²) in [6.07, 6.45) is 1.45. The van der Waals surface area contributed by atoms with Gasteiger partial charge in [0.1, 0.15) is 0 Å². The molecule has 4 rings (SSSR count). The van der Waals surface area contributed by atoms with Gasteiger partial charge in [0.05, 0.1) is 6.54 Å². The maximum absolute atomic E-state index is 12.4. The number of nitrogens with zero attached hydrogens (tertiary/aromatic N) is 3. The zero-order chi connectivity index (χ0) is 21.6. The van der Waals surface area contributed by atoms with Gasteiger partial charge >= 0.3 is 6.03 Å². The monoisotopic (exact) mass is 421 g/mol. The first-order valence-corrected chi connectivity index (χ1v) is 10.6. The Bertz CT molecular complexity index is 924. The lowest BCUT2D eigenvalue weighted by atomic mass is 10.2. The summed E-state index contributed by atoms with van der Waals surface area (Å²) in [4.78, 5) is 42.2. The summed E-state index contributed by atoms with van der Waals surface area (Å²) in [7, 11) is 0. The fourth-order valence-corrected chi connectivity index (χ4v) is 3.94. The lowest BCUT2D eigenvalue weighted by Gasteiger charge is -2.36. The Labute approximate surface area is 181 Å². The van der Waals surface area contributed by atoms with Gasteiger partial charge < -0.3 is 25.3 Å². The van der Waals surface area contributed by atoms with E-state index >= 15 is 0 Å². The van der Waals surface area contributed by atoms with Crippen LogP contribution in [0, 0.1) is 0 Å². The van der Waals surface area contributed by atoms with Crippen LogP contribution in [-0.2, 0) is 9.59 Å². The highest BCUT2D eigenvalue weighted by atomic mass is 16.2. The molecule has 162 valence electrons. The molecule has 0 radical (unpaired) electrons. The van der Waals surface area contributed by atoms with Crippen molar-refractivity contribution in [1.29, 1.82) is 0 Å². The van der Waals surface area contributed by atoms with E-state index in [1.165, 1.54) is 0 Å². The fraction of sp³-hybridized carbons (Fsp3) is 0.348. The number of urea groups is 1. The van der Waals surface area contributed by atoms with E-state index < -0.39 is 6.03 Å². The first-order chi connectivity index (χ1) is 15.1. The Morgan fingerprint density at radius 1 is 0.839 bits per heavy atom. The third kappa shape index (κ3) is 5.14. The molecule has 0 aromatic heterocycles. The number of nitrogens with one attached hydrogen (secondary N) is 2. The number of rotatable bonds is 5. The van der Waals surface area contributed by atoms with Crippen LogP contribution in [-0.4, -0.2) is 62.0 Å². The van der Waals surface area contributed by atoms with Crippen LogP contribution in [0.15, 0.2) is 54.6 Å². The van der Waals surface area contributed by atoms with E-state index in [4.69, 9.17) is 0 Å². The van der Waals surface area contributed by atoms with Crippen molar-refractivity contribution in [2.45, 2.75) is 12.8 Å². The van der Waals surface area contributed by atoms with Crippen LogP contribution in [0.3, 0.4) is 0 Å². The highest BCUT2D eigenvalue weighted by molar-refractivity contribution is 5.96.